The van der Waals surface area contributed by atoms with Gasteiger partial charge in [0.2, 0.25) is 0 Å². The third-order valence-corrected chi connectivity index (χ3v) is 2.84. The zero-order valence-electron chi connectivity index (χ0n) is 8.57. The van der Waals surface area contributed by atoms with Crippen LogP contribution in [-0.2, 0) is 7.05 Å². The summed E-state index contributed by atoms with van der Waals surface area (Å²) in [5, 5.41) is 4.18. The Balaban J connectivity index is 2.63. The van der Waals surface area contributed by atoms with Crippen molar-refractivity contribution in [2.75, 3.05) is 7.11 Å². The Morgan fingerprint density at radius 2 is 2.07 bits per heavy atom. The third kappa shape index (κ3) is 1.77. The Morgan fingerprint density at radius 1 is 1.33 bits per heavy atom. The maximum absolute atomic E-state index is 5.32. The van der Waals surface area contributed by atoms with Crippen LogP contribution in [0, 0.1) is 0 Å². The van der Waals surface area contributed by atoms with Crippen molar-refractivity contribution in [3.8, 4) is 17.0 Å². The molecular weight excluding hydrogens is 256 g/mol. The Hall–Kier alpha value is -1.29. The van der Waals surface area contributed by atoms with E-state index in [0.717, 1.165) is 21.5 Å². The van der Waals surface area contributed by atoms with E-state index in [9.17, 15) is 0 Å². The summed E-state index contributed by atoms with van der Waals surface area (Å²) in [6.45, 7) is 0. The van der Waals surface area contributed by atoms with Crippen molar-refractivity contribution in [1.82, 2.24) is 9.78 Å². The molecule has 0 aliphatic rings. The first-order chi connectivity index (χ1) is 7.24. The van der Waals surface area contributed by atoms with Crippen molar-refractivity contribution in [1.29, 1.82) is 0 Å². The van der Waals surface area contributed by atoms with E-state index in [1.54, 1.807) is 13.3 Å². The van der Waals surface area contributed by atoms with Gasteiger partial charge in [0.15, 0.2) is 0 Å². The molecule has 1 heterocycles. The van der Waals surface area contributed by atoms with Gasteiger partial charge in [-0.2, -0.15) is 5.10 Å². The zero-order chi connectivity index (χ0) is 10.8. The van der Waals surface area contributed by atoms with Gasteiger partial charge >= 0.3 is 0 Å². The van der Waals surface area contributed by atoms with Gasteiger partial charge < -0.3 is 4.74 Å². The van der Waals surface area contributed by atoms with Crippen molar-refractivity contribution >= 4 is 15.9 Å². The number of ether oxygens (including phenoxy) is 1. The van der Waals surface area contributed by atoms with E-state index < -0.39 is 0 Å². The highest BCUT2D eigenvalue weighted by Gasteiger charge is 2.12. The first-order valence-corrected chi connectivity index (χ1v) is 5.34. The van der Waals surface area contributed by atoms with E-state index in [0.29, 0.717) is 0 Å². The first-order valence-electron chi connectivity index (χ1n) is 4.55. The third-order valence-electron chi connectivity index (χ3n) is 2.26. The van der Waals surface area contributed by atoms with Crippen LogP contribution in [0.4, 0.5) is 0 Å². The molecule has 0 radical (unpaired) electrons. The van der Waals surface area contributed by atoms with Crippen LogP contribution in [0.2, 0.25) is 0 Å². The minimum atomic E-state index is 0.849. The molecule has 0 aliphatic carbocycles. The highest BCUT2D eigenvalue weighted by atomic mass is 79.9. The summed E-state index contributed by atoms with van der Waals surface area (Å²) in [6.07, 6.45) is 1.78. The van der Waals surface area contributed by atoms with Crippen LogP contribution in [0.3, 0.4) is 0 Å². The van der Waals surface area contributed by atoms with Crippen molar-refractivity contribution in [3.05, 3.63) is 34.9 Å². The van der Waals surface area contributed by atoms with Gasteiger partial charge in [-0.25, -0.2) is 0 Å². The predicted molar refractivity (Wildman–Crippen MR) is 62.9 cm³/mol. The average molecular weight is 267 g/mol. The minimum Gasteiger partial charge on any atom is -0.496 e. The van der Waals surface area contributed by atoms with E-state index in [1.807, 2.05) is 36.0 Å². The van der Waals surface area contributed by atoms with Gasteiger partial charge in [0, 0.05) is 12.6 Å². The topological polar surface area (TPSA) is 27.1 Å². The average Bonchev–Trinajstić information content (AvgIpc) is 2.59. The molecule has 0 aliphatic heterocycles. The number of aromatic nitrogens is 2. The largest absolute Gasteiger partial charge is 0.496 e. The summed E-state index contributed by atoms with van der Waals surface area (Å²) in [7, 11) is 3.58. The van der Waals surface area contributed by atoms with E-state index in [4.69, 9.17) is 4.74 Å². The van der Waals surface area contributed by atoms with Crippen LogP contribution >= 0.6 is 15.9 Å². The summed E-state index contributed by atoms with van der Waals surface area (Å²) in [6, 6.07) is 7.89. The van der Waals surface area contributed by atoms with Crippen LogP contribution in [0.1, 0.15) is 0 Å². The quantitative estimate of drug-likeness (QED) is 0.836. The second-order valence-corrected chi connectivity index (χ2v) is 4.02. The van der Waals surface area contributed by atoms with Crippen molar-refractivity contribution in [2.45, 2.75) is 0 Å². The van der Waals surface area contributed by atoms with Crippen molar-refractivity contribution in [2.24, 2.45) is 7.05 Å². The maximum atomic E-state index is 5.32. The van der Waals surface area contributed by atoms with Gasteiger partial charge in [-0.15, -0.1) is 0 Å². The normalized spacial score (nSPS) is 10.3. The Morgan fingerprint density at radius 3 is 2.67 bits per heavy atom. The van der Waals surface area contributed by atoms with E-state index in [1.165, 1.54) is 0 Å². The highest BCUT2D eigenvalue weighted by molar-refractivity contribution is 9.10. The molecule has 4 heteroatoms. The minimum absolute atomic E-state index is 0.849. The summed E-state index contributed by atoms with van der Waals surface area (Å²) >= 11 is 3.48. The Labute approximate surface area is 96.8 Å². The number of hydrogen-bond donors (Lipinski definition) is 0. The fourth-order valence-electron chi connectivity index (χ4n) is 1.55. The van der Waals surface area contributed by atoms with Gasteiger partial charge in [0.25, 0.3) is 0 Å². The summed E-state index contributed by atoms with van der Waals surface area (Å²) in [5.41, 5.74) is 2.05. The van der Waals surface area contributed by atoms with Crippen LogP contribution in [0.5, 0.6) is 5.75 Å². The lowest BCUT2D eigenvalue weighted by atomic mass is 10.1. The Kier molecular flexibility index (Phi) is 2.77. The molecule has 2 aromatic rings. The molecule has 0 saturated heterocycles. The van der Waals surface area contributed by atoms with E-state index in [-0.39, 0.29) is 0 Å². The van der Waals surface area contributed by atoms with Gasteiger partial charge in [-0.3, -0.25) is 4.68 Å². The number of hydrogen-bond acceptors (Lipinski definition) is 2. The second-order valence-electron chi connectivity index (χ2n) is 3.17. The van der Waals surface area contributed by atoms with Gasteiger partial charge in [-0.1, -0.05) is 12.1 Å². The molecule has 1 aromatic heterocycles. The molecule has 2 rings (SSSR count). The first kappa shape index (κ1) is 10.2. The molecule has 0 unspecified atom stereocenters. The molecule has 0 N–H and O–H groups in total. The predicted octanol–water partition coefficient (Wildman–Crippen LogP) is 2.86. The molecular formula is C11H11BrN2O. The van der Waals surface area contributed by atoms with Gasteiger partial charge in [0.1, 0.15) is 5.75 Å². The molecule has 0 bridgehead atoms. The lowest BCUT2D eigenvalue weighted by molar-refractivity contribution is 0.416. The number of rotatable bonds is 2. The highest BCUT2D eigenvalue weighted by Crippen LogP contribution is 2.33. The molecule has 0 amide bonds. The number of para-hydroxylation sites is 1. The fourth-order valence-corrected chi connectivity index (χ4v) is 2.12. The number of methoxy groups -OCH3 is 1. The molecule has 15 heavy (non-hydrogen) atoms. The molecule has 1 aromatic carbocycles. The SMILES string of the molecule is COc1ccccc1-c1c(Br)cnn1C. The lowest BCUT2D eigenvalue weighted by Gasteiger charge is -2.08. The van der Waals surface area contributed by atoms with Gasteiger partial charge in [0.05, 0.1) is 23.5 Å². The summed E-state index contributed by atoms with van der Waals surface area (Å²) < 4.78 is 8.11. The van der Waals surface area contributed by atoms with E-state index >= 15 is 0 Å². The molecule has 0 spiro atoms. The monoisotopic (exact) mass is 266 g/mol. The molecule has 0 fully saturated rings. The number of halogens is 1. The van der Waals surface area contributed by atoms with Gasteiger partial charge in [-0.05, 0) is 28.1 Å². The molecule has 0 atom stereocenters. The van der Waals surface area contributed by atoms with Crippen LogP contribution < -0.4 is 4.74 Å². The van der Waals surface area contributed by atoms with Crippen molar-refractivity contribution in [3.63, 3.8) is 0 Å². The van der Waals surface area contributed by atoms with Crippen LogP contribution in [-0.4, -0.2) is 16.9 Å². The standard InChI is InChI=1S/C11H11BrN2O/c1-14-11(9(12)7-13-14)8-5-3-4-6-10(8)15-2/h3-7H,1-2H3. The second kappa shape index (κ2) is 4.06. The van der Waals surface area contributed by atoms with Crippen LogP contribution in [0.25, 0.3) is 11.3 Å². The Bertz CT molecular complexity index is 460. The fraction of sp³-hybridized carbons (Fsp3) is 0.182. The number of benzene rings is 1. The van der Waals surface area contributed by atoms with E-state index in [2.05, 4.69) is 21.0 Å². The lowest BCUT2D eigenvalue weighted by Crippen LogP contribution is -1.96. The molecule has 78 valence electrons. The smallest absolute Gasteiger partial charge is 0.128 e. The molecule has 0 saturated carbocycles. The molecule has 3 nitrogen and oxygen atoms in total. The summed E-state index contributed by atoms with van der Waals surface area (Å²) in [4.78, 5) is 0. The van der Waals surface area contributed by atoms with Crippen molar-refractivity contribution < 1.29 is 4.74 Å². The number of nitrogens with zero attached hydrogens (tertiary/aromatic N) is 2. The zero-order valence-corrected chi connectivity index (χ0v) is 10.2. The number of aryl methyl sites for hydroxylation is 1. The summed E-state index contributed by atoms with van der Waals surface area (Å²) in [5.74, 6) is 0.849. The van der Waals surface area contributed by atoms with Crippen LogP contribution in [0.15, 0.2) is 34.9 Å². The maximum Gasteiger partial charge on any atom is 0.128 e.